The van der Waals surface area contributed by atoms with Crippen molar-refractivity contribution in [3.8, 4) is 0 Å². The van der Waals surface area contributed by atoms with E-state index in [1.807, 2.05) is 0 Å². The van der Waals surface area contributed by atoms with Crippen LogP contribution in [0.15, 0.2) is 28.7 Å². The van der Waals surface area contributed by atoms with Gasteiger partial charge in [0.2, 0.25) is 11.7 Å². The number of benzene rings is 1. The van der Waals surface area contributed by atoms with Gasteiger partial charge in [-0.3, -0.25) is 9.59 Å². The van der Waals surface area contributed by atoms with E-state index in [1.165, 1.54) is 13.0 Å². The second-order valence-corrected chi connectivity index (χ2v) is 5.49. The van der Waals surface area contributed by atoms with Crippen LogP contribution in [0.5, 0.6) is 0 Å². The standard InChI is InChI=1S/C16H17ClN2O5/c1-3-18-15(21)9(2)19-14(20)8-23-16(22)13-7-10-6-11(17)4-5-12(10)24-13/h4-7,9H,3,8H2,1-2H3,(H,18,21)(H,19,20)/t9-/m1/s1. The Kier molecular flexibility index (Phi) is 5.81. The minimum atomic E-state index is -0.775. The number of rotatable bonds is 6. The SMILES string of the molecule is CCNC(=O)[C@@H](C)NC(=O)COC(=O)c1cc2cc(Cl)ccc2o1. The Bertz CT molecular complexity index is 771. The first-order valence-corrected chi connectivity index (χ1v) is 7.71. The number of fused-ring (bicyclic) bond motifs is 1. The number of carbonyl (C=O) groups excluding carboxylic acids is 3. The van der Waals surface area contributed by atoms with Crippen molar-refractivity contribution in [2.24, 2.45) is 0 Å². The van der Waals surface area contributed by atoms with Crippen LogP contribution < -0.4 is 10.6 Å². The number of carbonyl (C=O) groups is 3. The van der Waals surface area contributed by atoms with Crippen molar-refractivity contribution in [2.45, 2.75) is 19.9 Å². The maximum absolute atomic E-state index is 11.9. The highest BCUT2D eigenvalue weighted by Gasteiger charge is 2.18. The molecule has 1 heterocycles. The number of ether oxygens (including phenoxy) is 1. The molecule has 0 aliphatic rings. The summed E-state index contributed by atoms with van der Waals surface area (Å²) in [5, 5.41) is 6.17. The fourth-order valence-electron chi connectivity index (χ4n) is 1.99. The van der Waals surface area contributed by atoms with Gasteiger partial charge in [-0.05, 0) is 38.1 Å². The zero-order valence-electron chi connectivity index (χ0n) is 13.2. The number of esters is 1. The molecule has 2 N–H and O–H groups in total. The first-order chi connectivity index (χ1) is 11.4. The molecule has 8 heteroatoms. The molecule has 0 spiro atoms. The molecule has 128 valence electrons. The molecular formula is C16H17ClN2O5. The van der Waals surface area contributed by atoms with Crippen LogP contribution in [0.3, 0.4) is 0 Å². The summed E-state index contributed by atoms with van der Waals surface area (Å²) in [6.07, 6.45) is 0. The van der Waals surface area contributed by atoms with E-state index >= 15 is 0 Å². The molecular weight excluding hydrogens is 336 g/mol. The van der Waals surface area contributed by atoms with Gasteiger partial charge in [-0.25, -0.2) is 4.79 Å². The fourth-order valence-corrected chi connectivity index (χ4v) is 2.17. The van der Waals surface area contributed by atoms with Gasteiger partial charge in [-0.15, -0.1) is 0 Å². The van der Waals surface area contributed by atoms with Gasteiger partial charge in [-0.1, -0.05) is 11.6 Å². The maximum atomic E-state index is 11.9. The van der Waals surface area contributed by atoms with Crippen molar-refractivity contribution in [3.63, 3.8) is 0 Å². The van der Waals surface area contributed by atoms with Gasteiger partial charge in [0.25, 0.3) is 5.91 Å². The normalized spacial score (nSPS) is 11.8. The third-order valence-electron chi connectivity index (χ3n) is 3.14. The number of halogens is 1. The molecule has 1 aromatic carbocycles. The van der Waals surface area contributed by atoms with E-state index < -0.39 is 24.5 Å². The number of hydrogen-bond acceptors (Lipinski definition) is 5. The quantitative estimate of drug-likeness (QED) is 0.774. The third kappa shape index (κ3) is 4.48. The van der Waals surface area contributed by atoms with Crippen LogP contribution in [0.25, 0.3) is 11.0 Å². The molecule has 0 saturated carbocycles. The van der Waals surface area contributed by atoms with Gasteiger partial charge in [0.15, 0.2) is 6.61 Å². The van der Waals surface area contributed by atoms with E-state index in [1.54, 1.807) is 25.1 Å². The molecule has 0 bridgehead atoms. The largest absolute Gasteiger partial charge is 0.450 e. The zero-order valence-corrected chi connectivity index (χ0v) is 14.0. The first kappa shape index (κ1) is 17.8. The average molecular weight is 353 g/mol. The lowest BCUT2D eigenvalue weighted by Crippen LogP contribution is -2.46. The van der Waals surface area contributed by atoms with E-state index in [0.29, 0.717) is 22.5 Å². The smallest absolute Gasteiger partial charge is 0.374 e. The van der Waals surface area contributed by atoms with Crippen molar-refractivity contribution in [2.75, 3.05) is 13.2 Å². The highest BCUT2D eigenvalue weighted by Crippen LogP contribution is 2.23. The van der Waals surface area contributed by atoms with E-state index in [0.717, 1.165) is 0 Å². The number of hydrogen-bond donors (Lipinski definition) is 2. The summed E-state index contributed by atoms with van der Waals surface area (Å²) in [5.74, 6) is -1.70. The molecule has 0 saturated heterocycles. The summed E-state index contributed by atoms with van der Waals surface area (Å²) in [7, 11) is 0. The first-order valence-electron chi connectivity index (χ1n) is 7.34. The number of furan rings is 1. The monoisotopic (exact) mass is 352 g/mol. The molecule has 1 atom stereocenters. The maximum Gasteiger partial charge on any atom is 0.374 e. The van der Waals surface area contributed by atoms with E-state index in [2.05, 4.69) is 10.6 Å². The third-order valence-corrected chi connectivity index (χ3v) is 3.37. The Balaban J connectivity index is 1.89. The molecule has 2 rings (SSSR count). The Hall–Kier alpha value is -2.54. The van der Waals surface area contributed by atoms with Crippen LogP contribution in [0.1, 0.15) is 24.4 Å². The second-order valence-electron chi connectivity index (χ2n) is 5.05. The van der Waals surface area contributed by atoms with Crippen molar-refractivity contribution >= 4 is 40.4 Å². The average Bonchev–Trinajstić information content (AvgIpc) is 2.95. The summed E-state index contributed by atoms with van der Waals surface area (Å²) in [5.41, 5.74) is 0.487. The minimum absolute atomic E-state index is 0.0307. The Morgan fingerprint density at radius 2 is 2.04 bits per heavy atom. The lowest BCUT2D eigenvalue weighted by atomic mass is 10.2. The predicted molar refractivity (Wildman–Crippen MR) is 87.8 cm³/mol. The molecule has 0 unspecified atom stereocenters. The topological polar surface area (TPSA) is 97.6 Å². The summed E-state index contributed by atoms with van der Waals surface area (Å²) in [4.78, 5) is 35.1. The molecule has 7 nitrogen and oxygen atoms in total. The van der Waals surface area contributed by atoms with Gasteiger partial charge in [0.05, 0.1) is 0 Å². The van der Waals surface area contributed by atoms with Crippen molar-refractivity contribution in [1.82, 2.24) is 10.6 Å². The molecule has 1 aromatic heterocycles. The van der Waals surface area contributed by atoms with E-state index in [9.17, 15) is 14.4 Å². The number of nitrogens with one attached hydrogen (secondary N) is 2. The van der Waals surface area contributed by atoms with Crippen LogP contribution in [0.2, 0.25) is 5.02 Å². The van der Waals surface area contributed by atoms with Crippen molar-refractivity contribution < 1.29 is 23.5 Å². The Labute approximate surface area is 143 Å². The van der Waals surface area contributed by atoms with E-state index in [-0.39, 0.29) is 11.7 Å². The van der Waals surface area contributed by atoms with Gasteiger partial charge in [0.1, 0.15) is 11.6 Å². The van der Waals surface area contributed by atoms with E-state index in [4.69, 9.17) is 20.8 Å². The summed E-state index contributed by atoms with van der Waals surface area (Å²) < 4.78 is 10.2. The van der Waals surface area contributed by atoms with Gasteiger partial charge in [0, 0.05) is 17.0 Å². The van der Waals surface area contributed by atoms with Crippen LogP contribution in [-0.2, 0) is 14.3 Å². The summed E-state index contributed by atoms with van der Waals surface area (Å²) in [6.45, 7) is 3.26. The van der Waals surface area contributed by atoms with Crippen LogP contribution in [0, 0.1) is 0 Å². The fraction of sp³-hybridized carbons (Fsp3) is 0.312. The van der Waals surface area contributed by atoms with Crippen molar-refractivity contribution in [3.05, 3.63) is 35.0 Å². The van der Waals surface area contributed by atoms with Crippen LogP contribution in [-0.4, -0.2) is 37.0 Å². The zero-order chi connectivity index (χ0) is 17.7. The molecule has 0 aliphatic heterocycles. The van der Waals surface area contributed by atoms with Gasteiger partial charge < -0.3 is 19.8 Å². The Morgan fingerprint density at radius 3 is 2.75 bits per heavy atom. The minimum Gasteiger partial charge on any atom is -0.450 e. The molecule has 0 fully saturated rings. The lowest BCUT2D eigenvalue weighted by molar-refractivity contribution is -0.130. The molecule has 0 aliphatic carbocycles. The molecule has 2 aromatic rings. The Morgan fingerprint density at radius 1 is 1.29 bits per heavy atom. The van der Waals surface area contributed by atoms with Crippen LogP contribution >= 0.6 is 11.6 Å². The highest BCUT2D eigenvalue weighted by molar-refractivity contribution is 6.31. The summed E-state index contributed by atoms with van der Waals surface area (Å²) >= 11 is 5.86. The summed E-state index contributed by atoms with van der Waals surface area (Å²) in [6, 6.07) is 5.69. The number of likely N-dealkylation sites (N-methyl/N-ethyl adjacent to an activating group) is 1. The predicted octanol–water partition coefficient (Wildman–Crippen LogP) is 1.88. The lowest BCUT2D eigenvalue weighted by Gasteiger charge is -2.13. The number of amides is 2. The molecule has 24 heavy (non-hydrogen) atoms. The van der Waals surface area contributed by atoms with Crippen molar-refractivity contribution in [1.29, 1.82) is 0 Å². The van der Waals surface area contributed by atoms with Gasteiger partial charge in [-0.2, -0.15) is 0 Å². The highest BCUT2D eigenvalue weighted by atomic mass is 35.5. The second kappa shape index (κ2) is 7.83. The van der Waals surface area contributed by atoms with Crippen LogP contribution in [0.4, 0.5) is 0 Å². The molecule has 0 radical (unpaired) electrons. The molecule has 2 amide bonds. The van der Waals surface area contributed by atoms with Gasteiger partial charge >= 0.3 is 5.97 Å².